The molecule has 140 valence electrons. The van der Waals surface area contributed by atoms with E-state index in [1.54, 1.807) is 0 Å². The first-order chi connectivity index (χ1) is 12.1. The van der Waals surface area contributed by atoms with Gasteiger partial charge >= 0.3 is 6.03 Å². The van der Waals surface area contributed by atoms with Crippen molar-refractivity contribution in [3.63, 3.8) is 0 Å². The van der Waals surface area contributed by atoms with Gasteiger partial charge in [-0.15, -0.1) is 0 Å². The van der Waals surface area contributed by atoms with Gasteiger partial charge in [-0.25, -0.2) is 13.2 Å². The fourth-order valence-electron chi connectivity index (χ4n) is 3.35. The van der Waals surface area contributed by atoms with Crippen LogP contribution in [0.25, 0.3) is 0 Å². The largest absolute Gasteiger partial charge is 0.344 e. The summed E-state index contributed by atoms with van der Waals surface area (Å²) in [6, 6.07) is 4.76. The van der Waals surface area contributed by atoms with Crippen LogP contribution in [0.2, 0.25) is 0 Å². The van der Waals surface area contributed by atoms with Gasteiger partial charge in [0.2, 0.25) is 0 Å². The number of hydrazine groups is 1. The molecule has 9 heteroatoms. The van der Waals surface area contributed by atoms with Crippen molar-refractivity contribution in [3.8, 4) is 0 Å². The summed E-state index contributed by atoms with van der Waals surface area (Å²) in [7, 11) is -3.47. The van der Waals surface area contributed by atoms with Crippen molar-refractivity contribution in [2.45, 2.75) is 43.0 Å². The molecule has 1 saturated heterocycles. The summed E-state index contributed by atoms with van der Waals surface area (Å²) in [5.74, 6) is -0.699. The molecule has 0 bridgehead atoms. The minimum Gasteiger partial charge on any atom is -0.322 e. The first kappa shape index (κ1) is 18.4. The van der Waals surface area contributed by atoms with Crippen LogP contribution in [0, 0.1) is 5.92 Å². The third-order valence-corrected chi connectivity index (χ3v) is 6.14. The van der Waals surface area contributed by atoms with E-state index in [4.69, 9.17) is 0 Å². The van der Waals surface area contributed by atoms with E-state index in [1.807, 2.05) is 0 Å². The molecule has 1 aliphatic carbocycles. The molecule has 1 saturated carbocycles. The van der Waals surface area contributed by atoms with E-state index in [0.29, 0.717) is 23.8 Å². The summed E-state index contributed by atoms with van der Waals surface area (Å²) in [6.07, 6.45) is 3.76. The zero-order valence-corrected chi connectivity index (χ0v) is 15.4. The molecular formula is C17H21N3O5S. The van der Waals surface area contributed by atoms with Crippen LogP contribution in [-0.2, 0) is 14.6 Å². The molecule has 1 heterocycles. The lowest BCUT2D eigenvalue weighted by Gasteiger charge is -2.33. The molecule has 1 spiro atoms. The maximum absolute atomic E-state index is 12.7. The lowest BCUT2D eigenvalue weighted by Crippen LogP contribution is -2.51. The topological polar surface area (TPSA) is 113 Å². The van der Waals surface area contributed by atoms with Crippen molar-refractivity contribution in [1.82, 2.24) is 15.8 Å². The SMILES string of the molecule is CC1CCC2(CC1)NC(=O)N(NC(=O)c1cccc(S(C)(=O)=O)c1)C2=O. The fourth-order valence-corrected chi connectivity index (χ4v) is 4.02. The van der Waals surface area contributed by atoms with Crippen LogP contribution in [-0.4, -0.2) is 43.1 Å². The Bertz CT molecular complexity index is 872. The Balaban J connectivity index is 1.78. The van der Waals surface area contributed by atoms with Gasteiger partial charge in [-0.1, -0.05) is 13.0 Å². The third-order valence-electron chi connectivity index (χ3n) is 5.03. The molecule has 1 aromatic carbocycles. The number of imide groups is 1. The molecule has 0 atom stereocenters. The minimum atomic E-state index is -3.47. The molecule has 0 unspecified atom stereocenters. The van der Waals surface area contributed by atoms with Crippen LogP contribution in [0.4, 0.5) is 4.79 Å². The number of rotatable bonds is 3. The molecule has 0 radical (unpaired) electrons. The van der Waals surface area contributed by atoms with E-state index in [2.05, 4.69) is 17.7 Å². The van der Waals surface area contributed by atoms with Gasteiger partial charge in [-0.05, 0) is 49.8 Å². The van der Waals surface area contributed by atoms with E-state index in [0.717, 1.165) is 19.1 Å². The van der Waals surface area contributed by atoms with E-state index < -0.39 is 33.2 Å². The van der Waals surface area contributed by atoms with Crippen LogP contribution >= 0.6 is 0 Å². The van der Waals surface area contributed by atoms with Gasteiger partial charge < -0.3 is 5.32 Å². The highest BCUT2D eigenvalue weighted by atomic mass is 32.2. The molecule has 2 aliphatic rings. The van der Waals surface area contributed by atoms with Crippen LogP contribution in [0.15, 0.2) is 29.2 Å². The maximum Gasteiger partial charge on any atom is 0.344 e. The van der Waals surface area contributed by atoms with Crippen molar-refractivity contribution in [3.05, 3.63) is 29.8 Å². The minimum absolute atomic E-state index is 0.0138. The number of hydrogen-bond acceptors (Lipinski definition) is 5. The van der Waals surface area contributed by atoms with Crippen LogP contribution in [0.5, 0.6) is 0 Å². The summed E-state index contributed by atoms with van der Waals surface area (Å²) in [5, 5.41) is 3.41. The van der Waals surface area contributed by atoms with Gasteiger partial charge in [0.15, 0.2) is 9.84 Å². The van der Waals surface area contributed by atoms with Crippen LogP contribution in [0.1, 0.15) is 43.0 Å². The Labute approximate surface area is 151 Å². The monoisotopic (exact) mass is 379 g/mol. The predicted octanol–water partition coefficient (Wildman–Crippen LogP) is 1.24. The van der Waals surface area contributed by atoms with E-state index in [1.165, 1.54) is 24.3 Å². The summed E-state index contributed by atoms with van der Waals surface area (Å²) in [4.78, 5) is 37.3. The number of amides is 4. The van der Waals surface area contributed by atoms with Crippen molar-refractivity contribution in [1.29, 1.82) is 0 Å². The molecule has 0 aromatic heterocycles. The van der Waals surface area contributed by atoms with Gasteiger partial charge in [-0.2, -0.15) is 5.01 Å². The molecule has 8 nitrogen and oxygen atoms in total. The smallest absolute Gasteiger partial charge is 0.322 e. The molecule has 3 rings (SSSR count). The summed E-state index contributed by atoms with van der Waals surface area (Å²) in [5.41, 5.74) is 1.39. The Morgan fingerprint density at radius 2 is 1.92 bits per heavy atom. The zero-order valence-electron chi connectivity index (χ0n) is 14.6. The Morgan fingerprint density at radius 3 is 2.54 bits per heavy atom. The Kier molecular flexibility index (Phi) is 4.51. The third kappa shape index (κ3) is 3.31. The second-order valence-electron chi connectivity index (χ2n) is 7.08. The van der Waals surface area contributed by atoms with Crippen molar-refractivity contribution < 1.29 is 22.8 Å². The summed E-state index contributed by atoms with van der Waals surface area (Å²) >= 11 is 0. The second kappa shape index (κ2) is 6.39. The van der Waals surface area contributed by atoms with Crippen molar-refractivity contribution >= 4 is 27.7 Å². The lowest BCUT2D eigenvalue weighted by molar-refractivity contribution is -0.134. The number of nitrogens with zero attached hydrogens (tertiary/aromatic N) is 1. The molecule has 2 fully saturated rings. The van der Waals surface area contributed by atoms with Gasteiger partial charge in [0.25, 0.3) is 11.8 Å². The van der Waals surface area contributed by atoms with Crippen LogP contribution in [0.3, 0.4) is 0 Å². The van der Waals surface area contributed by atoms with Gasteiger partial charge in [0.05, 0.1) is 4.90 Å². The molecule has 1 aromatic rings. The van der Waals surface area contributed by atoms with Crippen LogP contribution < -0.4 is 10.7 Å². The Morgan fingerprint density at radius 1 is 1.27 bits per heavy atom. The van der Waals surface area contributed by atoms with Gasteiger partial charge in [0.1, 0.15) is 5.54 Å². The normalized spacial score (nSPS) is 26.1. The highest BCUT2D eigenvalue weighted by Crippen LogP contribution is 2.35. The number of carbonyl (C=O) groups is 3. The highest BCUT2D eigenvalue weighted by Gasteiger charge is 2.52. The number of hydrogen-bond donors (Lipinski definition) is 2. The second-order valence-corrected chi connectivity index (χ2v) is 9.09. The molecule has 2 N–H and O–H groups in total. The van der Waals surface area contributed by atoms with E-state index in [9.17, 15) is 22.8 Å². The molecular weight excluding hydrogens is 358 g/mol. The number of urea groups is 1. The number of nitrogens with one attached hydrogen (secondary N) is 2. The Hall–Kier alpha value is -2.42. The summed E-state index contributed by atoms with van der Waals surface area (Å²) in [6.45, 7) is 2.10. The van der Waals surface area contributed by atoms with E-state index >= 15 is 0 Å². The zero-order chi connectivity index (χ0) is 19.1. The fraction of sp³-hybridized carbons (Fsp3) is 0.471. The van der Waals surface area contributed by atoms with Gasteiger partial charge in [-0.3, -0.25) is 15.0 Å². The van der Waals surface area contributed by atoms with Crippen molar-refractivity contribution in [2.75, 3.05) is 6.26 Å². The van der Waals surface area contributed by atoms with E-state index in [-0.39, 0.29) is 10.5 Å². The van der Waals surface area contributed by atoms with Crippen molar-refractivity contribution in [2.24, 2.45) is 5.92 Å². The number of carbonyl (C=O) groups excluding carboxylic acids is 3. The standard InChI is InChI=1S/C17H21N3O5S/c1-11-6-8-17(9-7-11)15(22)20(16(23)18-17)19-14(21)12-4-3-5-13(10-12)26(2,24)25/h3-5,10-11H,6-9H2,1-2H3,(H,18,23)(H,19,21). The molecule has 4 amide bonds. The predicted molar refractivity (Wildman–Crippen MR) is 92.8 cm³/mol. The average molecular weight is 379 g/mol. The average Bonchev–Trinajstić information content (AvgIpc) is 2.81. The first-order valence-electron chi connectivity index (χ1n) is 8.40. The first-order valence-corrected chi connectivity index (χ1v) is 10.3. The van der Waals surface area contributed by atoms with Gasteiger partial charge in [0, 0.05) is 11.8 Å². The quantitative estimate of drug-likeness (QED) is 0.767. The lowest BCUT2D eigenvalue weighted by atomic mass is 9.77. The molecule has 1 aliphatic heterocycles. The molecule has 26 heavy (non-hydrogen) atoms. The highest BCUT2D eigenvalue weighted by molar-refractivity contribution is 7.90. The summed E-state index contributed by atoms with van der Waals surface area (Å²) < 4.78 is 23.2. The number of benzene rings is 1. The number of sulfone groups is 1. The maximum atomic E-state index is 12.7.